The van der Waals surface area contributed by atoms with Gasteiger partial charge in [-0.05, 0) is 66.5 Å². The van der Waals surface area contributed by atoms with Crippen molar-refractivity contribution in [2.45, 2.75) is 20.4 Å². The van der Waals surface area contributed by atoms with Crippen LogP contribution in [0, 0.1) is 13.8 Å². The van der Waals surface area contributed by atoms with Crippen molar-refractivity contribution in [2.75, 3.05) is 30.9 Å². The second-order valence-electron chi connectivity index (χ2n) is 9.20. The second kappa shape index (κ2) is 11.1. The third kappa shape index (κ3) is 5.98. The number of carbonyl (C=O) groups excluding carboxylic acids is 1. The maximum atomic E-state index is 13.1. The fourth-order valence-corrected chi connectivity index (χ4v) is 5.78. The van der Waals surface area contributed by atoms with Crippen molar-refractivity contribution in [1.82, 2.24) is 9.80 Å². The number of anilines is 1. The van der Waals surface area contributed by atoms with Crippen LogP contribution < -0.4 is 4.72 Å². The summed E-state index contributed by atoms with van der Waals surface area (Å²) in [6, 6.07) is 12.9. The summed E-state index contributed by atoms with van der Waals surface area (Å²) in [4.78, 5) is 21.4. The van der Waals surface area contributed by atoms with Crippen molar-refractivity contribution in [1.29, 1.82) is 0 Å². The van der Waals surface area contributed by atoms with E-state index < -0.39 is 10.0 Å². The number of aliphatic imine (C=N–C) groups is 1. The molecule has 0 saturated carbocycles. The fraction of sp³-hybridized carbons (Fsp3) is 0.241. The number of sulfonamides is 1. The molecule has 1 aliphatic carbocycles. The standard InChI is InChI=1S/C29H32N4O3S/c1-5-30-28-23(4)10-7-11-27(28)37(35,36)31-25-14-12-24(13-15-25)29(34)33-18-16-32(17-19-33)20-26-21(2)8-6-9-22(26)3/h5-15,31H,1,4,16-20H2,2-3H3. The number of piperazine rings is 1. The molecule has 2 aliphatic rings. The van der Waals surface area contributed by atoms with Crippen molar-refractivity contribution >= 4 is 27.3 Å². The summed E-state index contributed by atoms with van der Waals surface area (Å²) in [5.41, 5.74) is 5.54. The van der Waals surface area contributed by atoms with E-state index >= 15 is 0 Å². The van der Waals surface area contributed by atoms with Crippen molar-refractivity contribution in [3.8, 4) is 0 Å². The Morgan fingerprint density at radius 1 is 1.05 bits per heavy atom. The Kier molecular flexibility index (Phi) is 7.90. The first-order valence-corrected chi connectivity index (χ1v) is 13.6. The highest BCUT2D eigenvalue weighted by Gasteiger charge is 2.26. The lowest BCUT2D eigenvalue weighted by Gasteiger charge is -2.35. The molecular weight excluding hydrogens is 484 g/mol. The lowest BCUT2D eigenvalue weighted by molar-refractivity contribution is 0.0628. The average Bonchev–Trinajstić information content (AvgIpc) is 2.88. The van der Waals surface area contributed by atoms with Crippen LogP contribution in [0.4, 0.5) is 5.69 Å². The molecule has 0 bridgehead atoms. The molecule has 4 rings (SSSR count). The number of carbonyl (C=O) groups is 1. The molecule has 0 atom stereocenters. The number of hydrogen-bond acceptors (Lipinski definition) is 5. The van der Waals surface area contributed by atoms with Crippen LogP contribution >= 0.6 is 0 Å². The minimum atomic E-state index is -3.91. The number of benzene rings is 2. The first-order chi connectivity index (χ1) is 17.7. The topological polar surface area (TPSA) is 82.1 Å². The molecule has 8 heteroatoms. The van der Waals surface area contributed by atoms with Crippen LogP contribution in [-0.2, 0) is 16.6 Å². The molecule has 1 saturated heterocycles. The van der Waals surface area contributed by atoms with E-state index in [0.717, 1.165) is 19.6 Å². The smallest absolute Gasteiger partial charge is 0.264 e. The Morgan fingerprint density at radius 2 is 1.70 bits per heavy atom. The van der Waals surface area contributed by atoms with Gasteiger partial charge < -0.3 is 4.90 Å². The molecule has 7 nitrogen and oxygen atoms in total. The van der Waals surface area contributed by atoms with E-state index in [-0.39, 0.29) is 16.5 Å². The van der Waals surface area contributed by atoms with Crippen LogP contribution in [0.25, 0.3) is 0 Å². The van der Waals surface area contributed by atoms with Crippen LogP contribution in [-0.4, -0.2) is 56.0 Å². The van der Waals surface area contributed by atoms with Gasteiger partial charge in [-0.2, -0.15) is 0 Å². The highest BCUT2D eigenvalue weighted by molar-refractivity contribution is 7.97. The van der Waals surface area contributed by atoms with Gasteiger partial charge in [-0.1, -0.05) is 43.5 Å². The molecule has 0 spiro atoms. The lowest BCUT2D eigenvalue weighted by Crippen LogP contribution is -2.48. The largest absolute Gasteiger partial charge is 0.336 e. The predicted octanol–water partition coefficient (Wildman–Crippen LogP) is 4.60. The second-order valence-corrected chi connectivity index (χ2v) is 10.8. The normalized spacial score (nSPS) is 17.6. The Hall–Kier alpha value is -3.75. The van der Waals surface area contributed by atoms with Gasteiger partial charge in [-0.3, -0.25) is 19.4 Å². The van der Waals surface area contributed by atoms with Gasteiger partial charge in [0.1, 0.15) is 4.91 Å². The van der Waals surface area contributed by atoms with E-state index in [4.69, 9.17) is 0 Å². The van der Waals surface area contributed by atoms with Crippen molar-refractivity contribution in [3.63, 3.8) is 0 Å². The zero-order chi connectivity index (χ0) is 26.6. The van der Waals surface area contributed by atoms with Gasteiger partial charge in [0.2, 0.25) is 0 Å². The molecule has 1 fully saturated rings. The summed E-state index contributed by atoms with van der Waals surface area (Å²) in [5.74, 6) is -0.0574. The van der Waals surface area contributed by atoms with E-state index in [9.17, 15) is 13.2 Å². The summed E-state index contributed by atoms with van der Waals surface area (Å²) in [6.45, 7) is 15.5. The zero-order valence-corrected chi connectivity index (χ0v) is 22.1. The SMILES string of the molecule is C=CN=C1C(=C)C=CC=C1S(=O)(=O)Nc1ccc(C(=O)N2CCN(Cc3c(C)cccc3C)CC2)cc1. The Labute approximate surface area is 219 Å². The third-order valence-electron chi connectivity index (χ3n) is 6.66. The number of nitrogens with zero attached hydrogens (tertiary/aromatic N) is 3. The van der Waals surface area contributed by atoms with E-state index in [1.54, 1.807) is 36.4 Å². The molecule has 0 aromatic heterocycles. The summed E-state index contributed by atoms with van der Waals surface area (Å²) in [7, 11) is -3.91. The number of rotatable bonds is 7. The maximum Gasteiger partial charge on any atom is 0.264 e. The van der Waals surface area contributed by atoms with Gasteiger partial charge in [0.15, 0.2) is 0 Å². The Morgan fingerprint density at radius 3 is 2.32 bits per heavy atom. The minimum Gasteiger partial charge on any atom is -0.336 e. The van der Waals surface area contributed by atoms with E-state index in [0.29, 0.717) is 29.9 Å². The number of hydrogen-bond donors (Lipinski definition) is 1. The molecular formula is C29H32N4O3S. The molecule has 1 N–H and O–H groups in total. The highest BCUT2D eigenvalue weighted by Crippen LogP contribution is 2.23. The molecule has 0 unspecified atom stereocenters. The lowest BCUT2D eigenvalue weighted by atomic mass is 10.0. The first kappa shape index (κ1) is 26.3. The molecule has 1 aliphatic heterocycles. The van der Waals surface area contributed by atoms with Crippen molar-refractivity contribution in [3.05, 3.63) is 113 Å². The Balaban J connectivity index is 1.38. The van der Waals surface area contributed by atoms with Crippen LogP contribution in [0.3, 0.4) is 0 Å². The Bertz CT molecular complexity index is 1390. The van der Waals surface area contributed by atoms with Gasteiger partial charge in [0.25, 0.3) is 15.9 Å². The van der Waals surface area contributed by atoms with E-state index in [2.05, 4.69) is 59.8 Å². The highest BCUT2D eigenvalue weighted by atomic mass is 32.2. The average molecular weight is 517 g/mol. The summed E-state index contributed by atoms with van der Waals surface area (Å²) in [5, 5.41) is 0. The van der Waals surface area contributed by atoms with E-state index in [1.165, 1.54) is 29.0 Å². The quantitative estimate of drug-likeness (QED) is 0.583. The van der Waals surface area contributed by atoms with Gasteiger partial charge in [0, 0.05) is 50.2 Å². The maximum absolute atomic E-state index is 13.1. The summed E-state index contributed by atoms with van der Waals surface area (Å²) in [6.07, 6.45) is 6.05. The summed E-state index contributed by atoms with van der Waals surface area (Å²) < 4.78 is 28.6. The van der Waals surface area contributed by atoms with Gasteiger partial charge >= 0.3 is 0 Å². The van der Waals surface area contributed by atoms with Gasteiger partial charge in [-0.25, -0.2) is 8.42 Å². The molecule has 1 amide bonds. The number of nitrogens with one attached hydrogen (secondary N) is 1. The molecule has 37 heavy (non-hydrogen) atoms. The number of allylic oxidation sites excluding steroid dienone is 5. The van der Waals surface area contributed by atoms with E-state index in [1.807, 2.05) is 4.90 Å². The summed E-state index contributed by atoms with van der Waals surface area (Å²) >= 11 is 0. The predicted molar refractivity (Wildman–Crippen MR) is 150 cm³/mol. The van der Waals surface area contributed by atoms with Crippen molar-refractivity contribution < 1.29 is 13.2 Å². The molecule has 192 valence electrons. The van der Waals surface area contributed by atoms with Gasteiger partial charge in [-0.15, -0.1) is 0 Å². The fourth-order valence-electron chi connectivity index (χ4n) is 4.53. The van der Waals surface area contributed by atoms with Crippen LogP contribution in [0.5, 0.6) is 0 Å². The third-order valence-corrected chi connectivity index (χ3v) is 8.08. The molecule has 2 aromatic rings. The number of amides is 1. The van der Waals surface area contributed by atoms with Crippen LogP contribution in [0.1, 0.15) is 27.0 Å². The number of aryl methyl sites for hydroxylation is 2. The molecule has 2 aromatic carbocycles. The van der Waals surface area contributed by atoms with Crippen LogP contribution in [0.15, 0.2) is 95.5 Å². The van der Waals surface area contributed by atoms with Crippen molar-refractivity contribution in [2.24, 2.45) is 4.99 Å². The molecule has 1 heterocycles. The first-order valence-electron chi connectivity index (χ1n) is 12.2. The van der Waals surface area contributed by atoms with Crippen LogP contribution in [0.2, 0.25) is 0 Å². The zero-order valence-electron chi connectivity index (χ0n) is 21.3. The molecule has 0 radical (unpaired) electrons. The van der Waals surface area contributed by atoms with Gasteiger partial charge in [0.05, 0.1) is 5.71 Å². The minimum absolute atomic E-state index is 0.0128. The monoisotopic (exact) mass is 516 g/mol.